The number of amides is 1. The maximum absolute atomic E-state index is 12.5. The van der Waals surface area contributed by atoms with Crippen LogP contribution >= 0.6 is 0 Å². The minimum atomic E-state index is 0.275. The van der Waals surface area contributed by atoms with Gasteiger partial charge in [-0.1, -0.05) is 31.0 Å². The number of para-hydroxylation sites is 1. The Morgan fingerprint density at radius 1 is 1.04 bits per heavy atom. The highest BCUT2D eigenvalue weighted by molar-refractivity contribution is 5.79. The lowest BCUT2D eigenvalue weighted by atomic mass is 10.1. The molecule has 0 bridgehead atoms. The molecule has 0 radical (unpaired) electrons. The third-order valence-corrected chi connectivity index (χ3v) is 5.29. The van der Waals surface area contributed by atoms with E-state index in [1.807, 2.05) is 35.2 Å². The summed E-state index contributed by atoms with van der Waals surface area (Å²) in [6, 6.07) is 9.94. The zero-order valence-corrected chi connectivity index (χ0v) is 14.4. The van der Waals surface area contributed by atoms with Crippen LogP contribution in [0.4, 0.5) is 0 Å². The average Bonchev–Trinajstić information content (AvgIpc) is 3.35. The van der Waals surface area contributed by atoms with Gasteiger partial charge >= 0.3 is 0 Å². The molecule has 1 aliphatic heterocycles. The molecule has 2 heterocycles. The summed E-state index contributed by atoms with van der Waals surface area (Å²) in [5.41, 5.74) is 0.970. The summed E-state index contributed by atoms with van der Waals surface area (Å²) in [6.45, 7) is 4.07. The van der Waals surface area contributed by atoms with Gasteiger partial charge in [0, 0.05) is 32.1 Å². The van der Waals surface area contributed by atoms with Gasteiger partial charge in [-0.3, -0.25) is 9.69 Å². The molecule has 1 saturated heterocycles. The van der Waals surface area contributed by atoms with Crippen LogP contribution in [0.1, 0.15) is 31.5 Å². The number of hydrogen-bond donors (Lipinski definition) is 0. The van der Waals surface area contributed by atoms with Crippen LogP contribution in [0.5, 0.6) is 0 Å². The molecule has 1 saturated carbocycles. The van der Waals surface area contributed by atoms with E-state index >= 15 is 0 Å². The van der Waals surface area contributed by atoms with E-state index in [-0.39, 0.29) is 5.92 Å². The first-order valence-corrected chi connectivity index (χ1v) is 9.15. The second-order valence-corrected chi connectivity index (χ2v) is 6.93. The fourth-order valence-electron chi connectivity index (χ4n) is 3.83. The van der Waals surface area contributed by atoms with Crippen molar-refractivity contribution >= 4 is 5.91 Å². The first kappa shape index (κ1) is 16.2. The van der Waals surface area contributed by atoms with Gasteiger partial charge in [0.05, 0.1) is 12.2 Å². The molecule has 1 aromatic carbocycles. The summed E-state index contributed by atoms with van der Waals surface area (Å²) >= 11 is 0. The van der Waals surface area contributed by atoms with E-state index in [2.05, 4.69) is 20.4 Å². The number of hydrogen-bond acceptors (Lipinski definition) is 5. The molecule has 2 aliphatic rings. The van der Waals surface area contributed by atoms with Crippen LogP contribution in [-0.4, -0.2) is 62.1 Å². The molecule has 2 aromatic rings. The fourth-order valence-corrected chi connectivity index (χ4v) is 3.83. The van der Waals surface area contributed by atoms with Crippen molar-refractivity contribution in [2.45, 2.75) is 32.2 Å². The molecule has 0 spiro atoms. The van der Waals surface area contributed by atoms with Gasteiger partial charge in [-0.2, -0.15) is 4.68 Å². The van der Waals surface area contributed by atoms with Crippen molar-refractivity contribution in [3.05, 3.63) is 36.2 Å². The van der Waals surface area contributed by atoms with E-state index in [1.54, 1.807) is 4.68 Å². The van der Waals surface area contributed by atoms with Gasteiger partial charge in [-0.05, 0) is 35.4 Å². The Morgan fingerprint density at radius 2 is 1.76 bits per heavy atom. The maximum atomic E-state index is 12.5. The predicted octanol–water partition coefficient (Wildman–Crippen LogP) is 1.50. The average molecular weight is 340 g/mol. The minimum absolute atomic E-state index is 0.275. The van der Waals surface area contributed by atoms with Crippen LogP contribution < -0.4 is 0 Å². The van der Waals surface area contributed by atoms with Crippen molar-refractivity contribution in [1.82, 2.24) is 30.0 Å². The van der Waals surface area contributed by atoms with Crippen LogP contribution in [0.15, 0.2) is 30.3 Å². The second-order valence-electron chi connectivity index (χ2n) is 6.93. The molecule has 0 unspecified atom stereocenters. The number of aromatic nitrogens is 4. The van der Waals surface area contributed by atoms with E-state index in [4.69, 9.17) is 0 Å². The Balaban J connectivity index is 1.35. The van der Waals surface area contributed by atoms with Crippen molar-refractivity contribution < 1.29 is 4.79 Å². The van der Waals surface area contributed by atoms with Crippen LogP contribution in [0.2, 0.25) is 0 Å². The molecular formula is C18H24N6O. The summed E-state index contributed by atoms with van der Waals surface area (Å²) in [4.78, 5) is 16.9. The van der Waals surface area contributed by atoms with Crippen molar-refractivity contribution in [2.75, 3.05) is 26.2 Å². The van der Waals surface area contributed by atoms with E-state index in [0.717, 1.165) is 50.5 Å². The molecule has 2 fully saturated rings. The molecule has 1 amide bonds. The van der Waals surface area contributed by atoms with Gasteiger partial charge in [-0.15, -0.1) is 5.10 Å². The Hall–Kier alpha value is -2.28. The molecule has 4 rings (SSSR count). The van der Waals surface area contributed by atoms with Gasteiger partial charge in [0.1, 0.15) is 0 Å². The first-order valence-electron chi connectivity index (χ1n) is 9.15. The fraction of sp³-hybridized carbons (Fsp3) is 0.556. The Kier molecular flexibility index (Phi) is 4.74. The Bertz CT molecular complexity index is 701. The number of rotatable bonds is 4. The van der Waals surface area contributed by atoms with Crippen molar-refractivity contribution in [3.63, 3.8) is 0 Å². The quantitative estimate of drug-likeness (QED) is 0.844. The molecule has 25 heavy (non-hydrogen) atoms. The second kappa shape index (κ2) is 7.31. The summed E-state index contributed by atoms with van der Waals surface area (Å²) in [6.07, 6.45) is 4.56. The van der Waals surface area contributed by atoms with Gasteiger partial charge in [0.2, 0.25) is 5.91 Å². The standard InChI is InChI=1S/C18H24N6O/c25-18(15-6-4-5-7-15)23-12-10-22(11-13-23)14-17-19-20-21-24(17)16-8-2-1-3-9-16/h1-3,8-9,15H,4-7,10-14H2. The zero-order valence-electron chi connectivity index (χ0n) is 14.4. The van der Waals surface area contributed by atoms with Crippen molar-refractivity contribution in [2.24, 2.45) is 5.92 Å². The lowest BCUT2D eigenvalue weighted by Gasteiger charge is -2.35. The number of carbonyl (C=O) groups is 1. The zero-order chi connectivity index (χ0) is 17.1. The Morgan fingerprint density at radius 3 is 2.48 bits per heavy atom. The molecular weight excluding hydrogens is 316 g/mol. The monoisotopic (exact) mass is 340 g/mol. The molecule has 0 N–H and O–H groups in total. The highest BCUT2D eigenvalue weighted by atomic mass is 16.2. The molecule has 7 nitrogen and oxygen atoms in total. The van der Waals surface area contributed by atoms with E-state index in [9.17, 15) is 4.79 Å². The topological polar surface area (TPSA) is 67.2 Å². The third kappa shape index (κ3) is 3.56. The van der Waals surface area contributed by atoms with Crippen LogP contribution in [-0.2, 0) is 11.3 Å². The normalized spacial score (nSPS) is 19.4. The van der Waals surface area contributed by atoms with Crippen molar-refractivity contribution in [3.8, 4) is 5.69 Å². The third-order valence-electron chi connectivity index (χ3n) is 5.29. The van der Waals surface area contributed by atoms with Crippen LogP contribution in [0.25, 0.3) is 5.69 Å². The summed E-state index contributed by atoms with van der Waals surface area (Å²) < 4.78 is 1.79. The summed E-state index contributed by atoms with van der Waals surface area (Å²) in [5.74, 6) is 1.48. The lowest BCUT2D eigenvalue weighted by Crippen LogP contribution is -2.49. The molecule has 7 heteroatoms. The molecule has 0 atom stereocenters. The number of benzene rings is 1. The van der Waals surface area contributed by atoms with E-state index < -0.39 is 0 Å². The summed E-state index contributed by atoms with van der Waals surface area (Å²) in [7, 11) is 0. The highest BCUT2D eigenvalue weighted by Crippen LogP contribution is 2.27. The molecule has 1 aromatic heterocycles. The molecule has 1 aliphatic carbocycles. The van der Waals surface area contributed by atoms with E-state index in [1.165, 1.54) is 12.8 Å². The highest BCUT2D eigenvalue weighted by Gasteiger charge is 2.29. The largest absolute Gasteiger partial charge is 0.340 e. The number of tetrazole rings is 1. The predicted molar refractivity (Wildman–Crippen MR) is 93.0 cm³/mol. The van der Waals surface area contributed by atoms with E-state index in [0.29, 0.717) is 12.5 Å². The minimum Gasteiger partial charge on any atom is -0.340 e. The van der Waals surface area contributed by atoms with Crippen LogP contribution in [0.3, 0.4) is 0 Å². The number of nitrogens with zero attached hydrogens (tertiary/aromatic N) is 6. The SMILES string of the molecule is O=C(C1CCCC1)N1CCN(Cc2nnnn2-c2ccccc2)CC1. The first-order chi connectivity index (χ1) is 12.3. The summed E-state index contributed by atoms with van der Waals surface area (Å²) in [5, 5.41) is 12.1. The van der Waals surface area contributed by atoms with Crippen LogP contribution in [0, 0.1) is 5.92 Å². The maximum Gasteiger partial charge on any atom is 0.225 e. The van der Waals surface area contributed by atoms with Gasteiger partial charge < -0.3 is 4.90 Å². The number of piperazine rings is 1. The number of carbonyl (C=O) groups excluding carboxylic acids is 1. The smallest absolute Gasteiger partial charge is 0.225 e. The molecule has 132 valence electrons. The van der Waals surface area contributed by atoms with Gasteiger partial charge in [-0.25, -0.2) is 0 Å². The van der Waals surface area contributed by atoms with Gasteiger partial charge in [0.25, 0.3) is 0 Å². The lowest BCUT2D eigenvalue weighted by molar-refractivity contribution is -0.137. The Labute approximate surface area is 147 Å². The van der Waals surface area contributed by atoms with Gasteiger partial charge in [0.15, 0.2) is 5.82 Å². The van der Waals surface area contributed by atoms with Crippen molar-refractivity contribution in [1.29, 1.82) is 0 Å².